The van der Waals surface area contributed by atoms with E-state index in [1.807, 2.05) is 0 Å². The van der Waals surface area contributed by atoms with E-state index in [0.29, 0.717) is 47.9 Å². The van der Waals surface area contributed by atoms with Gasteiger partial charge in [-0.3, -0.25) is 4.79 Å². The normalized spacial score (nSPS) is 10.9. The number of nitrogens with one attached hydrogen (secondary N) is 1. The number of carbonyl (C=O) groups is 1. The minimum absolute atomic E-state index is 0.0676. The van der Waals surface area contributed by atoms with Gasteiger partial charge in [-0.2, -0.15) is 0 Å². The first kappa shape index (κ1) is 21.9. The van der Waals surface area contributed by atoms with Crippen LogP contribution in [-0.4, -0.2) is 20.7 Å². The molecule has 1 heterocycles. The highest BCUT2D eigenvalue weighted by molar-refractivity contribution is 6.42. The van der Waals surface area contributed by atoms with Crippen molar-refractivity contribution >= 4 is 69.6 Å². The number of carbonyl (C=O) groups excluding carboxylic acids is 1. The van der Waals surface area contributed by atoms with E-state index in [1.165, 1.54) is 10.7 Å². The topological polar surface area (TPSA) is 59.8 Å². The van der Waals surface area contributed by atoms with Crippen molar-refractivity contribution in [2.45, 2.75) is 0 Å². The zero-order valence-corrected chi connectivity index (χ0v) is 19.2. The Hall–Kier alpha value is -2.28. The number of halogens is 5. The molecule has 31 heavy (non-hydrogen) atoms. The SMILES string of the molecule is O=C(Nc1ccc(Cl)cc1Cl)c1nc(-c2ccc(Cl)cc2)n(-c2ccc(Cl)c(Cl)c2)n1. The van der Waals surface area contributed by atoms with E-state index in [4.69, 9.17) is 58.0 Å². The molecule has 0 atom stereocenters. The maximum absolute atomic E-state index is 12.8. The molecule has 0 radical (unpaired) electrons. The number of rotatable bonds is 4. The second kappa shape index (κ2) is 9.07. The third-order valence-electron chi connectivity index (χ3n) is 4.24. The summed E-state index contributed by atoms with van der Waals surface area (Å²) < 4.78 is 1.50. The molecule has 0 aliphatic rings. The number of amides is 1. The molecule has 0 unspecified atom stereocenters. The van der Waals surface area contributed by atoms with Crippen molar-refractivity contribution in [1.29, 1.82) is 0 Å². The van der Waals surface area contributed by atoms with Crippen LogP contribution in [0.3, 0.4) is 0 Å². The molecule has 0 spiro atoms. The summed E-state index contributed by atoms with van der Waals surface area (Å²) in [5.41, 5.74) is 1.66. The number of aromatic nitrogens is 3. The van der Waals surface area contributed by atoms with Gasteiger partial charge in [-0.1, -0.05) is 58.0 Å². The number of anilines is 1. The maximum atomic E-state index is 12.8. The Bertz CT molecular complexity index is 1290. The minimum atomic E-state index is -0.543. The van der Waals surface area contributed by atoms with E-state index >= 15 is 0 Å². The van der Waals surface area contributed by atoms with E-state index < -0.39 is 5.91 Å². The van der Waals surface area contributed by atoms with Crippen LogP contribution in [0, 0.1) is 0 Å². The molecular weight excluding hydrogens is 502 g/mol. The predicted octanol–water partition coefficient (Wildman–Crippen LogP) is 7.45. The van der Waals surface area contributed by atoms with Gasteiger partial charge in [0.2, 0.25) is 5.82 Å². The second-order valence-corrected chi connectivity index (χ2v) is 8.45. The first-order chi connectivity index (χ1) is 14.8. The van der Waals surface area contributed by atoms with Gasteiger partial charge in [-0.15, -0.1) is 5.10 Å². The molecule has 1 N–H and O–H groups in total. The van der Waals surface area contributed by atoms with Crippen LogP contribution >= 0.6 is 58.0 Å². The molecule has 0 aliphatic heterocycles. The molecule has 3 aromatic carbocycles. The smallest absolute Gasteiger partial charge is 0.295 e. The van der Waals surface area contributed by atoms with Crippen LogP contribution in [0.25, 0.3) is 17.1 Å². The fourth-order valence-electron chi connectivity index (χ4n) is 2.76. The first-order valence-electron chi connectivity index (χ1n) is 8.76. The fraction of sp³-hybridized carbons (Fsp3) is 0. The summed E-state index contributed by atoms with van der Waals surface area (Å²) in [6, 6.07) is 16.7. The van der Waals surface area contributed by atoms with Crippen molar-refractivity contribution in [3.8, 4) is 17.1 Å². The van der Waals surface area contributed by atoms with Crippen LogP contribution in [0.2, 0.25) is 25.1 Å². The molecule has 1 amide bonds. The molecule has 156 valence electrons. The average molecular weight is 513 g/mol. The molecule has 4 rings (SSSR count). The molecule has 0 bridgehead atoms. The van der Waals surface area contributed by atoms with Crippen molar-refractivity contribution in [2.24, 2.45) is 0 Å². The van der Waals surface area contributed by atoms with Gasteiger partial charge in [-0.05, 0) is 60.7 Å². The monoisotopic (exact) mass is 510 g/mol. The molecule has 0 fully saturated rings. The van der Waals surface area contributed by atoms with Crippen molar-refractivity contribution in [1.82, 2.24) is 14.8 Å². The molecule has 4 aromatic rings. The lowest BCUT2D eigenvalue weighted by atomic mass is 10.2. The molecule has 0 aliphatic carbocycles. The Labute approximate surface area is 202 Å². The van der Waals surface area contributed by atoms with Crippen LogP contribution < -0.4 is 5.32 Å². The van der Waals surface area contributed by atoms with Crippen molar-refractivity contribution in [3.05, 3.63) is 91.6 Å². The van der Waals surface area contributed by atoms with Crippen LogP contribution in [-0.2, 0) is 0 Å². The highest BCUT2D eigenvalue weighted by Gasteiger charge is 2.20. The number of hydrogen-bond acceptors (Lipinski definition) is 3. The summed E-state index contributed by atoms with van der Waals surface area (Å²) in [6.07, 6.45) is 0. The zero-order valence-electron chi connectivity index (χ0n) is 15.4. The lowest BCUT2D eigenvalue weighted by molar-refractivity contribution is 0.101. The Balaban J connectivity index is 1.77. The van der Waals surface area contributed by atoms with Gasteiger partial charge in [0, 0.05) is 15.6 Å². The van der Waals surface area contributed by atoms with Crippen LogP contribution in [0.4, 0.5) is 5.69 Å². The first-order valence-corrected chi connectivity index (χ1v) is 10.7. The number of hydrogen-bond donors (Lipinski definition) is 1. The molecule has 0 saturated carbocycles. The highest BCUT2D eigenvalue weighted by Crippen LogP contribution is 2.29. The molecule has 5 nitrogen and oxygen atoms in total. The van der Waals surface area contributed by atoms with Gasteiger partial charge in [-0.25, -0.2) is 9.67 Å². The Morgan fingerprint density at radius 2 is 1.48 bits per heavy atom. The third-order valence-corrected chi connectivity index (χ3v) is 5.78. The van der Waals surface area contributed by atoms with Crippen LogP contribution in [0.5, 0.6) is 0 Å². The van der Waals surface area contributed by atoms with Gasteiger partial charge in [0.15, 0.2) is 5.82 Å². The highest BCUT2D eigenvalue weighted by atomic mass is 35.5. The van der Waals surface area contributed by atoms with Gasteiger partial charge in [0.1, 0.15) is 0 Å². The van der Waals surface area contributed by atoms with Gasteiger partial charge in [0.25, 0.3) is 5.91 Å². The third kappa shape index (κ3) is 4.81. The zero-order chi connectivity index (χ0) is 22.1. The van der Waals surface area contributed by atoms with E-state index in [0.717, 1.165) is 0 Å². The predicted molar refractivity (Wildman–Crippen MR) is 126 cm³/mol. The van der Waals surface area contributed by atoms with Crippen molar-refractivity contribution in [2.75, 3.05) is 5.32 Å². The van der Waals surface area contributed by atoms with Gasteiger partial charge < -0.3 is 5.32 Å². The van der Waals surface area contributed by atoms with Crippen molar-refractivity contribution in [3.63, 3.8) is 0 Å². The minimum Gasteiger partial charge on any atom is -0.318 e. The summed E-state index contributed by atoms with van der Waals surface area (Å²) in [4.78, 5) is 17.3. The number of nitrogens with zero attached hydrogens (tertiary/aromatic N) is 3. The Morgan fingerprint density at radius 3 is 2.16 bits per heavy atom. The molecular formula is C21H11Cl5N4O. The quantitative estimate of drug-likeness (QED) is 0.309. The molecule has 1 aromatic heterocycles. The standard InChI is InChI=1S/C21H11Cl5N4O/c22-12-3-1-11(2-4-12)20-28-19(21(31)27-18-8-5-13(23)9-17(18)26)29-30(20)14-6-7-15(24)16(25)10-14/h1-10H,(H,27,31). The summed E-state index contributed by atoms with van der Waals surface area (Å²) >= 11 is 30.3. The second-order valence-electron chi connectivity index (χ2n) is 6.35. The summed E-state index contributed by atoms with van der Waals surface area (Å²) in [5, 5.41) is 9.13. The average Bonchev–Trinajstić information content (AvgIpc) is 3.18. The fourth-order valence-corrected chi connectivity index (χ4v) is 3.63. The van der Waals surface area contributed by atoms with Crippen molar-refractivity contribution < 1.29 is 4.79 Å². The van der Waals surface area contributed by atoms with E-state index in [2.05, 4.69) is 15.4 Å². The van der Waals surface area contributed by atoms with Crippen LogP contribution in [0.15, 0.2) is 60.7 Å². The van der Waals surface area contributed by atoms with Gasteiger partial charge in [0.05, 0.1) is 26.4 Å². The summed E-state index contributed by atoms with van der Waals surface area (Å²) in [5.74, 6) is -0.192. The maximum Gasteiger partial charge on any atom is 0.295 e. The summed E-state index contributed by atoms with van der Waals surface area (Å²) in [7, 11) is 0. The Morgan fingerprint density at radius 1 is 0.774 bits per heavy atom. The lowest BCUT2D eigenvalue weighted by Crippen LogP contribution is -2.14. The molecule has 10 heteroatoms. The van der Waals surface area contributed by atoms with E-state index in [-0.39, 0.29) is 5.82 Å². The summed E-state index contributed by atoms with van der Waals surface area (Å²) in [6.45, 7) is 0. The largest absolute Gasteiger partial charge is 0.318 e. The van der Waals surface area contributed by atoms with Crippen LogP contribution in [0.1, 0.15) is 10.6 Å². The number of benzene rings is 3. The van der Waals surface area contributed by atoms with E-state index in [9.17, 15) is 4.79 Å². The lowest BCUT2D eigenvalue weighted by Gasteiger charge is -2.07. The Kier molecular flexibility index (Phi) is 6.42. The van der Waals surface area contributed by atoms with E-state index in [1.54, 1.807) is 54.6 Å². The van der Waals surface area contributed by atoms with Gasteiger partial charge >= 0.3 is 0 Å². The molecule has 0 saturated heterocycles.